The maximum atomic E-state index is 0. The van der Waals surface area contributed by atoms with E-state index in [0.717, 1.165) is 0 Å². The molecule has 0 unspecified atom stereocenters. The average molecular weight is 915 g/mol. The predicted molar refractivity (Wildman–Crippen MR) is 0 cm³/mol. The quantitative estimate of drug-likeness (QED) is 0.301. The fourth-order valence-electron chi connectivity index (χ4n) is 0. The zero-order chi connectivity index (χ0) is 0. The van der Waals surface area contributed by atoms with Crippen molar-refractivity contribution >= 4 is 0 Å². The number of rotatable bonds is 0. The molecule has 0 aromatic heterocycles. The molecule has 0 spiro atoms. The van der Waals surface area contributed by atoms with Crippen molar-refractivity contribution in [2.24, 2.45) is 0 Å². The van der Waals surface area contributed by atoms with E-state index in [9.17, 15) is 0 Å². The van der Waals surface area contributed by atoms with E-state index in [4.69, 9.17) is 0 Å². The van der Waals surface area contributed by atoms with Crippen molar-refractivity contribution in [1.82, 2.24) is 0 Å². The van der Waals surface area contributed by atoms with Crippen molar-refractivity contribution in [2.45, 2.75) is 0 Å². The summed E-state index contributed by atoms with van der Waals surface area (Å²) < 4.78 is 0. The Morgan fingerprint density at radius 2 is 0.333 bits per heavy atom. The first-order valence-electron chi connectivity index (χ1n) is 0. The van der Waals surface area contributed by atoms with Gasteiger partial charge in [0.2, 0.25) is 0 Å². The summed E-state index contributed by atoms with van der Waals surface area (Å²) in [7, 11) is 0. The van der Waals surface area contributed by atoms with E-state index in [1.165, 1.54) is 0 Å². The standard InChI is InChI=1S/3Ag.3Au. The molecule has 0 amide bonds. The zero-order valence-corrected chi connectivity index (χ0v) is 12.8. The first-order chi connectivity index (χ1) is 0. The van der Waals surface area contributed by atoms with Gasteiger partial charge in [-0.1, -0.05) is 0 Å². The van der Waals surface area contributed by atoms with Crippen LogP contribution in [0, 0.1) is 0 Å². The normalized spacial score (nSPS) is 0. The smallest absolute Gasteiger partial charge is 0 e. The third kappa shape index (κ3) is 23.7. The van der Waals surface area contributed by atoms with Crippen LogP contribution >= 0.6 is 0 Å². The third-order valence-electron chi connectivity index (χ3n) is 0. The Kier molecular flexibility index (Phi) is 268. The van der Waals surface area contributed by atoms with Crippen LogP contribution in [0.15, 0.2) is 0 Å². The van der Waals surface area contributed by atoms with Gasteiger partial charge in [0, 0.05) is 134 Å². The van der Waals surface area contributed by atoms with Gasteiger partial charge in [-0.3, -0.25) is 0 Å². The maximum absolute atomic E-state index is 0. The second kappa shape index (κ2) is 34.1. The van der Waals surface area contributed by atoms with Crippen LogP contribution in [-0.2, 0) is 134 Å². The van der Waals surface area contributed by atoms with Gasteiger partial charge in [0.25, 0.3) is 0 Å². The molecule has 6 heavy (non-hydrogen) atoms. The number of hydrogen-bond acceptors (Lipinski definition) is 0. The summed E-state index contributed by atoms with van der Waals surface area (Å²) in [5, 5.41) is 0. The van der Waals surface area contributed by atoms with Crippen LogP contribution in [0.5, 0.6) is 0 Å². The fraction of sp³-hybridized carbons (Fsp3) is 0. The molecule has 0 rings (SSSR count). The Labute approximate surface area is 131 Å². The second-order valence-corrected chi connectivity index (χ2v) is 0. The monoisotopic (exact) mass is 912 g/mol. The van der Waals surface area contributed by atoms with E-state index < -0.39 is 0 Å². The SMILES string of the molecule is [Ag].[Ag].[Ag].[Au].[Au].[Au]. The molecule has 0 fully saturated rings. The van der Waals surface area contributed by atoms with Crippen LogP contribution in [0.4, 0.5) is 0 Å². The van der Waals surface area contributed by atoms with Crippen molar-refractivity contribution < 1.29 is 134 Å². The van der Waals surface area contributed by atoms with E-state index in [1.807, 2.05) is 0 Å². The molecule has 0 atom stereocenters. The van der Waals surface area contributed by atoms with E-state index in [0.29, 0.717) is 0 Å². The average Bonchev–Trinajstić information content (AvgIpc) is 0. The minimum Gasteiger partial charge on any atom is 0 e. The van der Waals surface area contributed by atoms with Gasteiger partial charge in [-0.05, 0) is 0 Å². The summed E-state index contributed by atoms with van der Waals surface area (Å²) in [5.74, 6) is 0. The maximum Gasteiger partial charge on any atom is 0 e. The molecule has 0 heterocycles. The summed E-state index contributed by atoms with van der Waals surface area (Å²) in [6.45, 7) is 0. The molecule has 0 aromatic rings. The van der Waals surface area contributed by atoms with Gasteiger partial charge in [-0.2, -0.15) is 0 Å². The fourth-order valence-corrected chi connectivity index (χ4v) is 0. The van der Waals surface area contributed by atoms with Crippen LogP contribution < -0.4 is 0 Å². The minimum atomic E-state index is 0. The van der Waals surface area contributed by atoms with E-state index in [-0.39, 0.29) is 134 Å². The van der Waals surface area contributed by atoms with Crippen LogP contribution in [-0.4, -0.2) is 0 Å². The first-order valence-corrected chi connectivity index (χ1v) is 0. The van der Waals surface area contributed by atoms with Gasteiger partial charge in [0.05, 0.1) is 0 Å². The molecular formula is Ag3Au3. The van der Waals surface area contributed by atoms with E-state index in [1.54, 1.807) is 0 Å². The molecule has 0 N–H and O–H groups in total. The largest absolute Gasteiger partial charge is 0 e. The third-order valence-corrected chi connectivity index (χ3v) is 0. The predicted octanol–water partition coefficient (Wildman–Crippen LogP) is -0.0150. The zero-order valence-electron chi connectivity index (χ0n) is 1.81. The molecule has 0 saturated heterocycles. The van der Waals surface area contributed by atoms with Crippen molar-refractivity contribution in [1.29, 1.82) is 0 Å². The minimum absolute atomic E-state index is 0. The Bertz CT molecular complexity index is 6.00. The van der Waals surface area contributed by atoms with Crippen molar-refractivity contribution in [3.8, 4) is 0 Å². The summed E-state index contributed by atoms with van der Waals surface area (Å²) in [5.41, 5.74) is 0. The van der Waals surface area contributed by atoms with Crippen molar-refractivity contribution in [3.63, 3.8) is 0 Å². The van der Waals surface area contributed by atoms with Crippen molar-refractivity contribution in [3.05, 3.63) is 0 Å². The first kappa shape index (κ1) is 47.2. The van der Waals surface area contributed by atoms with Gasteiger partial charge in [0.15, 0.2) is 0 Å². The Hall–Kier alpha value is 4.44. The molecule has 66 valence electrons. The Balaban J connectivity index is 0. The summed E-state index contributed by atoms with van der Waals surface area (Å²) >= 11 is 0. The van der Waals surface area contributed by atoms with Gasteiger partial charge in [-0.25, -0.2) is 0 Å². The van der Waals surface area contributed by atoms with Gasteiger partial charge < -0.3 is 0 Å². The molecule has 0 saturated carbocycles. The summed E-state index contributed by atoms with van der Waals surface area (Å²) in [4.78, 5) is 0. The summed E-state index contributed by atoms with van der Waals surface area (Å²) in [6, 6.07) is 0. The van der Waals surface area contributed by atoms with E-state index >= 15 is 0 Å². The van der Waals surface area contributed by atoms with Crippen LogP contribution in [0.3, 0.4) is 0 Å². The number of hydrogen-bond donors (Lipinski definition) is 0. The second-order valence-electron chi connectivity index (χ2n) is 0. The molecule has 0 aliphatic heterocycles. The van der Waals surface area contributed by atoms with Gasteiger partial charge >= 0.3 is 0 Å². The molecule has 0 aliphatic carbocycles. The van der Waals surface area contributed by atoms with Crippen LogP contribution in [0.1, 0.15) is 0 Å². The molecule has 0 aliphatic rings. The molecule has 6 heteroatoms. The van der Waals surface area contributed by atoms with E-state index in [2.05, 4.69) is 0 Å². The molecule has 6 radical (unpaired) electrons. The Morgan fingerprint density at radius 1 is 0.333 bits per heavy atom. The molecule has 0 nitrogen and oxygen atoms in total. The topological polar surface area (TPSA) is 0 Å². The summed E-state index contributed by atoms with van der Waals surface area (Å²) in [6.07, 6.45) is 0. The van der Waals surface area contributed by atoms with Crippen LogP contribution in [0.2, 0.25) is 0 Å². The molecule has 0 aromatic carbocycles. The van der Waals surface area contributed by atoms with Crippen LogP contribution in [0.25, 0.3) is 0 Å². The molecular weight excluding hydrogens is 915 g/mol. The molecule has 0 bridgehead atoms. The Morgan fingerprint density at radius 3 is 0.333 bits per heavy atom. The van der Waals surface area contributed by atoms with Crippen molar-refractivity contribution in [2.75, 3.05) is 0 Å². The van der Waals surface area contributed by atoms with Gasteiger partial charge in [0.1, 0.15) is 0 Å². The van der Waals surface area contributed by atoms with Gasteiger partial charge in [-0.15, -0.1) is 0 Å².